The summed E-state index contributed by atoms with van der Waals surface area (Å²) in [6.45, 7) is 0. The summed E-state index contributed by atoms with van der Waals surface area (Å²) in [6.07, 6.45) is 1.46. The standard InChI is InChI=1S/C20H14ClF2N3O4S/c1-29-18-9-15(20(22)23)16(21)10-17(18)26(19-5-7-30-25-19)31(27,28)14-3-2-13-11-24-6-4-12(13)8-14/h2-11,20H,1H3. The molecule has 0 aliphatic rings. The molecule has 0 spiro atoms. The largest absolute Gasteiger partial charge is 0.495 e. The van der Waals surface area contributed by atoms with E-state index in [1.54, 1.807) is 24.5 Å². The molecule has 2 aromatic carbocycles. The van der Waals surface area contributed by atoms with Crippen LogP contribution in [0.25, 0.3) is 10.8 Å². The highest BCUT2D eigenvalue weighted by Gasteiger charge is 2.32. The summed E-state index contributed by atoms with van der Waals surface area (Å²) < 4.78 is 64.8. The molecule has 4 rings (SSSR count). The number of hydrogen-bond donors (Lipinski definition) is 0. The van der Waals surface area contributed by atoms with Crippen LogP contribution in [-0.4, -0.2) is 25.7 Å². The topological polar surface area (TPSA) is 85.5 Å². The van der Waals surface area contributed by atoms with Gasteiger partial charge in [0.2, 0.25) is 0 Å². The number of rotatable bonds is 6. The van der Waals surface area contributed by atoms with Crippen molar-refractivity contribution >= 4 is 43.9 Å². The molecule has 0 amide bonds. The number of halogens is 3. The van der Waals surface area contributed by atoms with Crippen molar-refractivity contribution in [3.63, 3.8) is 0 Å². The number of anilines is 2. The fraction of sp³-hybridized carbons (Fsp3) is 0.100. The zero-order valence-electron chi connectivity index (χ0n) is 15.9. The maximum atomic E-state index is 13.7. The van der Waals surface area contributed by atoms with Crippen LogP contribution in [-0.2, 0) is 10.0 Å². The highest BCUT2D eigenvalue weighted by Crippen LogP contribution is 2.43. The van der Waals surface area contributed by atoms with Crippen LogP contribution in [0.15, 0.2) is 70.5 Å². The molecule has 11 heteroatoms. The van der Waals surface area contributed by atoms with Crippen molar-refractivity contribution in [3.8, 4) is 5.75 Å². The molecule has 0 bridgehead atoms. The molecule has 2 aromatic heterocycles. The van der Waals surface area contributed by atoms with Gasteiger partial charge in [-0.1, -0.05) is 22.8 Å². The van der Waals surface area contributed by atoms with Gasteiger partial charge < -0.3 is 9.26 Å². The highest BCUT2D eigenvalue weighted by atomic mass is 35.5. The van der Waals surface area contributed by atoms with Gasteiger partial charge in [-0.15, -0.1) is 0 Å². The van der Waals surface area contributed by atoms with Gasteiger partial charge in [0.25, 0.3) is 16.4 Å². The quantitative estimate of drug-likeness (QED) is 0.381. The van der Waals surface area contributed by atoms with Gasteiger partial charge in [0.05, 0.1) is 17.0 Å². The summed E-state index contributed by atoms with van der Waals surface area (Å²) in [5.74, 6) is -0.231. The lowest BCUT2D eigenvalue weighted by Gasteiger charge is -2.24. The second kappa shape index (κ2) is 8.12. The first-order valence-corrected chi connectivity index (χ1v) is 10.6. The van der Waals surface area contributed by atoms with Crippen LogP contribution in [0, 0.1) is 0 Å². The fourth-order valence-electron chi connectivity index (χ4n) is 3.06. The maximum absolute atomic E-state index is 13.7. The molecule has 0 radical (unpaired) electrons. The van der Waals surface area contributed by atoms with E-state index in [9.17, 15) is 17.2 Å². The zero-order valence-corrected chi connectivity index (χ0v) is 17.4. The molecule has 160 valence electrons. The predicted molar refractivity (Wildman–Crippen MR) is 111 cm³/mol. The number of nitrogens with zero attached hydrogens (tertiary/aromatic N) is 3. The summed E-state index contributed by atoms with van der Waals surface area (Å²) in [7, 11) is -3.05. The van der Waals surface area contributed by atoms with Crippen LogP contribution in [0.3, 0.4) is 0 Å². The van der Waals surface area contributed by atoms with Gasteiger partial charge in [-0.25, -0.2) is 21.5 Å². The molecule has 0 aliphatic heterocycles. The molecular formula is C20H14ClF2N3O4S. The fourth-order valence-corrected chi connectivity index (χ4v) is 4.77. The molecule has 0 unspecified atom stereocenters. The van der Waals surface area contributed by atoms with Crippen molar-refractivity contribution in [1.29, 1.82) is 0 Å². The number of pyridine rings is 1. The van der Waals surface area contributed by atoms with Gasteiger partial charge in [-0.3, -0.25) is 4.98 Å². The Kier molecular flexibility index (Phi) is 5.50. The van der Waals surface area contributed by atoms with E-state index in [1.807, 2.05) is 0 Å². The number of benzene rings is 2. The minimum atomic E-state index is -4.29. The lowest BCUT2D eigenvalue weighted by Crippen LogP contribution is -2.27. The van der Waals surface area contributed by atoms with E-state index in [0.717, 1.165) is 21.8 Å². The smallest absolute Gasteiger partial charge is 0.270 e. The van der Waals surface area contributed by atoms with E-state index in [0.29, 0.717) is 5.39 Å². The van der Waals surface area contributed by atoms with Crippen LogP contribution >= 0.6 is 11.6 Å². The van der Waals surface area contributed by atoms with E-state index in [2.05, 4.69) is 10.1 Å². The Labute approximate surface area is 180 Å². The van der Waals surface area contributed by atoms with Crippen LogP contribution in [0.5, 0.6) is 5.75 Å². The summed E-state index contributed by atoms with van der Waals surface area (Å²) in [6, 6.07) is 9.58. The SMILES string of the molecule is COc1cc(C(F)F)c(Cl)cc1N(c1ccon1)S(=O)(=O)c1ccc2cnccc2c1. The molecule has 31 heavy (non-hydrogen) atoms. The van der Waals surface area contributed by atoms with Gasteiger partial charge >= 0.3 is 0 Å². The van der Waals surface area contributed by atoms with Gasteiger partial charge in [0.15, 0.2) is 5.82 Å². The molecule has 2 heterocycles. The first-order chi connectivity index (χ1) is 14.8. The Morgan fingerprint density at radius 3 is 2.61 bits per heavy atom. The average Bonchev–Trinajstić information content (AvgIpc) is 3.27. The normalized spacial score (nSPS) is 11.8. The number of ether oxygens (including phenoxy) is 1. The van der Waals surface area contributed by atoms with E-state index in [-0.39, 0.29) is 27.2 Å². The van der Waals surface area contributed by atoms with Crippen molar-refractivity contribution in [2.75, 3.05) is 11.4 Å². The average molecular weight is 466 g/mol. The van der Waals surface area contributed by atoms with Crippen molar-refractivity contribution in [1.82, 2.24) is 10.1 Å². The van der Waals surface area contributed by atoms with Gasteiger partial charge in [-0.2, -0.15) is 0 Å². The lowest BCUT2D eigenvalue weighted by molar-refractivity contribution is 0.151. The Bertz CT molecular complexity index is 1350. The number of hydrogen-bond acceptors (Lipinski definition) is 6. The molecule has 7 nitrogen and oxygen atoms in total. The molecule has 0 aliphatic carbocycles. The van der Waals surface area contributed by atoms with Gasteiger partial charge in [-0.05, 0) is 35.7 Å². The zero-order chi connectivity index (χ0) is 22.2. The molecule has 4 aromatic rings. The third-order valence-electron chi connectivity index (χ3n) is 4.53. The maximum Gasteiger partial charge on any atom is 0.270 e. The lowest BCUT2D eigenvalue weighted by atomic mass is 10.2. The van der Waals surface area contributed by atoms with E-state index in [4.69, 9.17) is 20.9 Å². The third kappa shape index (κ3) is 3.79. The van der Waals surface area contributed by atoms with E-state index >= 15 is 0 Å². The van der Waals surface area contributed by atoms with Crippen LogP contribution in [0.2, 0.25) is 5.02 Å². The van der Waals surface area contributed by atoms with Gasteiger partial charge in [0, 0.05) is 29.4 Å². The number of methoxy groups -OCH3 is 1. The number of fused-ring (bicyclic) bond motifs is 1. The number of aromatic nitrogens is 2. The Balaban J connectivity index is 1.95. The highest BCUT2D eigenvalue weighted by molar-refractivity contribution is 7.93. The Hall–Kier alpha value is -3.24. The second-order valence-electron chi connectivity index (χ2n) is 6.36. The second-order valence-corrected chi connectivity index (χ2v) is 8.55. The minimum absolute atomic E-state index is 0.0645. The van der Waals surface area contributed by atoms with Crippen LogP contribution in [0.1, 0.15) is 12.0 Å². The van der Waals surface area contributed by atoms with Crippen molar-refractivity contribution in [3.05, 3.63) is 71.7 Å². The van der Waals surface area contributed by atoms with Crippen molar-refractivity contribution < 1.29 is 26.5 Å². The van der Waals surface area contributed by atoms with E-state index in [1.165, 1.54) is 31.6 Å². The third-order valence-corrected chi connectivity index (χ3v) is 6.58. The molecule has 0 saturated carbocycles. The summed E-state index contributed by atoms with van der Waals surface area (Å²) in [4.78, 5) is 3.94. The first kappa shape index (κ1) is 21.0. The molecule has 0 atom stereocenters. The number of sulfonamides is 1. The summed E-state index contributed by atoms with van der Waals surface area (Å²) in [5, 5.41) is 4.80. The minimum Gasteiger partial charge on any atom is -0.495 e. The van der Waals surface area contributed by atoms with Crippen molar-refractivity contribution in [2.45, 2.75) is 11.3 Å². The van der Waals surface area contributed by atoms with E-state index < -0.39 is 22.0 Å². The Morgan fingerprint density at radius 1 is 1.13 bits per heavy atom. The molecular weight excluding hydrogens is 452 g/mol. The number of alkyl halides is 2. The monoisotopic (exact) mass is 465 g/mol. The Morgan fingerprint density at radius 2 is 1.94 bits per heavy atom. The molecule has 0 saturated heterocycles. The molecule has 0 fully saturated rings. The summed E-state index contributed by atoms with van der Waals surface area (Å²) in [5.41, 5.74) is -0.585. The van der Waals surface area contributed by atoms with Crippen LogP contribution in [0.4, 0.5) is 20.3 Å². The predicted octanol–water partition coefficient (Wildman–Crippen LogP) is 5.35. The molecule has 0 N–H and O–H groups in total. The van der Waals surface area contributed by atoms with Crippen LogP contribution < -0.4 is 9.04 Å². The van der Waals surface area contributed by atoms with Crippen molar-refractivity contribution in [2.24, 2.45) is 0 Å². The van der Waals surface area contributed by atoms with Gasteiger partial charge in [0.1, 0.15) is 17.7 Å². The summed E-state index contributed by atoms with van der Waals surface area (Å²) >= 11 is 6.03. The first-order valence-electron chi connectivity index (χ1n) is 8.78.